The van der Waals surface area contributed by atoms with E-state index in [1.807, 2.05) is 6.07 Å². The van der Waals surface area contributed by atoms with Gasteiger partial charge in [-0.15, -0.1) is 11.3 Å². The van der Waals surface area contributed by atoms with Gasteiger partial charge in [-0.05, 0) is 49.6 Å². The van der Waals surface area contributed by atoms with Crippen LogP contribution in [0.4, 0.5) is 0 Å². The zero-order valence-corrected chi connectivity index (χ0v) is 13.0. The minimum absolute atomic E-state index is 0.360. The minimum Gasteiger partial charge on any atom is -0.309 e. The molecule has 2 rings (SSSR count). The van der Waals surface area contributed by atoms with Crippen molar-refractivity contribution >= 4 is 22.9 Å². The summed E-state index contributed by atoms with van der Waals surface area (Å²) in [6.45, 7) is 5.40. The Kier molecular flexibility index (Phi) is 5.44. The van der Waals surface area contributed by atoms with Crippen molar-refractivity contribution in [3.63, 3.8) is 0 Å². The molecule has 0 aliphatic rings. The summed E-state index contributed by atoms with van der Waals surface area (Å²) in [4.78, 5) is 1.32. The molecule has 0 aliphatic carbocycles. The van der Waals surface area contributed by atoms with Crippen molar-refractivity contribution in [2.24, 2.45) is 0 Å². The van der Waals surface area contributed by atoms with Gasteiger partial charge in [0.15, 0.2) is 0 Å². The maximum absolute atomic E-state index is 6.06. The third-order valence-electron chi connectivity index (χ3n) is 3.26. The molecular formula is C16H20ClNS. The quantitative estimate of drug-likeness (QED) is 0.791. The number of hydrogen-bond acceptors (Lipinski definition) is 2. The van der Waals surface area contributed by atoms with E-state index in [1.54, 1.807) is 11.3 Å². The fourth-order valence-corrected chi connectivity index (χ4v) is 3.30. The Balaban J connectivity index is 2.16. The summed E-state index contributed by atoms with van der Waals surface area (Å²) in [5, 5.41) is 3.63. The molecule has 0 fully saturated rings. The van der Waals surface area contributed by atoms with Gasteiger partial charge in [-0.2, -0.15) is 0 Å². The van der Waals surface area contributed by atoms with Crippen LogP contribution in [0.1, 0.15) is 35.4 Å². The van der Waals surface area contributed by atoms with Crippen LogP contribution in [0, 0.1) is 6.92 Å². The number of benzene rings is 1. The molecule has 0 saturated carbocycles. The van der Waals surface area contributed by atoms with Gasteiger partial charge in [0.1, 0.15) is 0 Å². The van der Waals surface area contributed by atoms with Crippen molar-refractivity contribution in [1.29, 1.82) is 0 Å². The molecule has 1 aromatic carbocycles. The normalized spacial score (nSPS) is 12.6. The molecule has 0 saturated heterocycles. The van der Waals surface area contributed by atoms with Gasteiger partial charge in [0.25, 0.3) is 0 Å². The molecule has 0 bridgehead atoms. The van der Waals surface area contributed by atoms with E-state index in [0.29, 0.717) is 6.04 Å². The summed E-state index contributed by atoms with van der Waals surface area (Å²) in [6, 6.07) is 13.1. The Morgan fingerprint density at radius 2 is 2.00 bits per heavy atom. The average molecular weight is 294 g/mol. The molecule has 1 N–H and O–H groups in total. The number of thiophene rings is 1. The monoisotopic (exact) mass is 293 g/mol. The predicted octanol–water partition coefficient (Wildman–Crippen LogP) is 4.99. The molecule has 1 aromatic heterocycles. The van der Waals surface area contributed by atoms with Crippen molar-refractivity contribution in [1.82, 2.24) is 5.32 Å². The van der Waals surface area contributed by atoms with E-state index in [2.05, 4.69) is 49.5 Å². The molecule has 0 amide bonds. The van der Waals surface area contributed by atoms with E-state index in [0.717, 1.165) is 23.7 Å². The second-order valence-electron chi connectivity index (χ2n) is 4.78. The van der Waals surface area contributed by atoms with Crippen LogP contribution < -0.4 is 5.32 Å². The molecule has 102 valence electrons. The van der Waals surface area contributed by atoms with Crippen molar-refractivity contribution in [3.8, 4) is 0 Å². The third kappa shape index (κ3) is 4.07. The first-order valence-electron chi connectivity index (χ1n) is 6.74. The number of rotatable bonds is 6. The van der Waals surface area contributed by atoms with Gasteiger partial charge in [-0.3, -0.25) is 0 Å². The van der Waals surface area contributed by atoms with Crippen LogP contribution in [-0.4, -0.2) is 6.54 Å². The average Bonchev–Trinajstić information content (AvgIpc) is 2.83. The van der Waals surface area contributed by atoms with Gasteiger partial charge < -0.3 is 5.32 Å². The molecule has 1 unspecified atom stereocenters. The number of halogens is 1. The first-order valence-corrected chi connectivity index (χ1v) is 7.93. The van der Waals surface area contributed by atoms with Crippen molar-refractivity contribution in [2.75, 3.05) is 6.54 Å². The van der Waals surface area contributed by atoms with Crippen LogP contribution in [0.15, 0.2) is 36.4 Å². The van der Waals surface area contributed by atoms with Crippen molar-refractivity contribution in [3.05, 3.63) is 56.7 Å². The van der Waals surface area contributed by atoms with Crippen LogP contribution in [0.3, 0.4) is 0 Å². The molecule has 19 heavy (non-hydrogen) atoms. The van der Waals surface area contributed by atoms with Gasteiger partial charge in [0.05, 0.1) is 4.34 Å². The molecule has 2 aromatic rings. The van der Waals surface area contributed by atoms with Gasteiger partial charge in [-0.25, -0.2) is 0 Å². The van der Waals surface area contributed by atoms with E-state index >= 15 is 0 Å². The topological polar surface area (TPSA) is 12.0 Å². The first kappa shape index (κ1) is 14.6. The molecule has 0 spiro atoms. The fraction of sp³-hybridized carbons (Fsp3) is 0.375. The Hall–Kier alpha value is -0.830. The molecule has 1 atom stereocenters. The molecule has 1 nitrogen and oxygen atoms in total. The van der Waals surface area contributed by atoms with Gasteiger partial charge >= 0.3 is 0 Å². The minimum atomic E-state index is 0.360. The highest BCUT2D eigenvalue weighted by Gasteiger charge is 2.14. The maximum Gasteiger partial charge on any atom is 0.0931 e. The van der Waals surface area contributed by atoms with E-state index in [-0.39, 0.29) is 0 Å². The second kappa shape index (κ2) is 7.09. The van der Waals surface area contributed by atoms with Crippen LogP contribution in [0.25, 0.3) is 0 Å². The summed E-state index contributed by atoms with van der Waals surface area (Å²) >= 11 is 7.74. The molecule has 0 radical (unpaired) electrons. The van der Waals surface area contributed by atoms with E-state index in [9.17, 15) is 0 Å². The Morgan fingerprint density at radius 1 is 1.21 bits per heavy atom. The number of hydrogen-bond donors (Lipinski definition) is 1. The lowest BCUT2D eigenvalue weighted by Crippen LogP contribution is -2.23. The van der Waals surface area contributed by atoms with Crippen molar-refractivity contribution in [2.45, 2.75) is 32.7 Å². The van der Waals surface area contributed by atoms with Crippen LogP contribution >= 0.6 is 22.9 Å². The predicted molar refractivity (Wildman–Crippen MR) is 85.2 cm³/mol. The lowest BCUT2D eigenvalue weighted by Gasteiger charge is -2.18. The summed E-state index contributed by atoms with van der Waals surface area (Å²) < 4.78 is 0.864. The number of aryl methyl sites for hydroxylation is 1. The van der Waals surface area contributed by atoms with Gasteiger partial charge in [-0.1, -0.05) is 42.8 Å². The van der Waals surface area contributed by atoms with Crippen LogP contribution in [-0.2, 0) is 6.42 Å². The fourth-order valence-electron chi connectivity index (χ4n) is 2.17. The summed E-state index contributed by atoms with van der Waals surface area (Å²) in [7, 11) is 0. The zero-order valence-electron chi connectivity index (χ0n) is 11.4. The summed E-state index contributed by atoms with van der Waals surface area (Å²) in [5.41, 5.74) is 2.76. The maximum atomic E-state index is 6.06. The van der Waals surface area contributed by atoms with E-state index < -0.39 is 0 Å². The summed E-state index contributed by atoms with van der Waals surface area (Å²) in [6.07, 6.45) is 2.16. The lowest BCUT2D eigenvalue weighted by atomic mass is 10.00. The van der Waals surface area contributed by atoms with E-state index in [1.165, 1.54) is 16.0 Å². The standard InChI is InChI=1S/C16H20ClNS/c1-3-10-18-14(15-8-9-16(17)19-15)11-13-7-5-4-6-12(13)2/h4-9,14,18H,3,10-11H2,1-2H3. The molecule has 3 heteroatoms. The highest BCUT2D eigenvalue weighted by atomic mass is 35.5. The molecule has 1 heterocycles. The van der Waals surface area contributed by atoms with E-state index in [4.69, 9.17) is 11.6 Å². The van der Waals surface area contributed by atoms with Crippen molar-refractivity contribution < 1.29 is 0 Å². The largest absolute Gasteiger partial charge is 0.309 e. The first-order chi connectivity index (χ1) is 9.20. The summed E-state index contributed by atoms with van der Waals surface area (Å²) in [5.74, 6) is 0. The Labute approximate surface area is 124 Å². The highest BCUT2D eigenvalue weighted by Crippen LogP contribution is 2.29. The van der Waals surface area contributed by atoms with Gasteiger partial charge in [0, 0.05) is 10.9 Å². The smallest absolute Gasteiger partial charge is 0.0931 e. The lowest BCUT2D eigenvalue weighted by molar-refractivity contribution is 0.536. The molecule has 0 aliphatic heterocycles. The van der Waals surface area contributed by atoms with Crippen LogP contribution in [0.5, 0.6) is 0 Å². The zero-order chi connectivity index (χ0) is 13.7. The SMILES string of the molecule is CCCNC(Cc1ccccc1C)c1ccc(Cl)s1. The third-order valence-corrected chi connectivity index (χ3v) is 4.61. The Morgan fingerprint density at radius 3 is 2.63 bits per heavy atom. The van der Waals surface area contributed by atoms with Crippen LogP contribution in [0.2, 0.25) is 4.34 Å². The number of nitrogens with one attached hydrogen (secondary N) is 1. The second-order valence-corrected chi connectivity index (χ2v) is 6.53. The van der Waals surface area contributed by atoms with Gasteiger partial charge in [0.2, 0.25) is 0 Å². The highest BCUT2D eigenvalue weighted by molar-refractivity contribution is 7.16. The Bertz CT molecular complexity index is 521. The molecular weight excluding hydrogens is 274 g/mol.